The predicted molar refractivity (Wildman–Crippen MR) is 91.5 cm³/mol. The summed E-state index contributed by atoms with van der Waals surface area (Å²) in [5, 5.41) is 0. The maximum absolute atomic E-state index is 2.47. The molecule has 0 aliphatic carbocycles. The highest BCUT2D eigenvalue weighted by Gasteiger charge is 2.13. The SMILES string of the molecule is CCCCCCCCCCCn1cc[n+](CCC)c1CC. The zero-order valence-electron chi connectivity index (χ0n) is 14.7. The van der Waals surface area contributed by atoms with Gasteiger partial charge in [-0.2, -0.15) is 0 Å². The maximum atomic E-state index is 2.47. The minimum Gasteiger partial charge on any atom is -0.234 e. The molecule has 0 amide bonds. The topological polar surface area (TPSA) is 8.81 Å². The van der Waals surface area contributed by atoms with Gasteiger partial charge < -0.3 is 0 Å². The van der Waals surface area contributed by atoms with Crippen LogP contribution in [0, 0.1) is 0 Å². The highest BCUT2D eigenvalue weighted by atomic mass is 15.1. The lowest BCUT2D eigenvalue weighted by Crippen LogP contribution is -2.36. The van der Waals surface area contributed by atoms with Gasteiger partial charge >= 0.3 is 0 Å². The summed E-state index contributed by atoms with van der Waals surface area (Å²) in [6, 6.07) is 0. The third-order valence-corrected chi connectivity index (χ3v) is 4.37. The van der Waals surface area contributed by atoms with Crippen LogP contribution in [0.5, 0.6) is 0 Å². The Bertz CT molecular complexity index is 354. The Morgan fingerprint density at radius 2 is 1.43 bits per heavy atom. The van der Waals surface area contributed by atoms with E-state index in [9.17, 15) is 0 Å². The van der Waals surface area contributed by atoms with E-state index in [0.29, 0.717) is 0 Å². The molecule has 0 aliphatic rings. The third kappa shape index (κ3) is 7.15. The molecule has 2 nitrogen and oxygen atoms in total. The molecule has 0 spiro atoms. The van der Waals surface area contributed by atoms with Crippen LogP contribution >= 0.6 is 0 Å². The average molecular weight is 294 g/mol. The molecule has 0 N–H and O–H groups in total. The van der Waals surface area contributed by atoms with Crippen molar-refractivity contribution in [2.24, 2.45) is 0 Å². The van der Waals surface area contributed by atoms with E-state index in [1.165, 1.54) is 76.6 Å². The third-order valence-electron chi connectivity index (χ3n) is 4.37. The van der Waals surface area contributed by atoms with Crippen molar-refractivity contribution in [3.63, 3.8) is 0 Å². The molecule has 122 valence electrons. The summed E-state index contributed by atoms with van der Waals surface area (Å²) in [5.74, 6) is 1.50. The summed E-state index contributed by atoms with van der Waals surface area (Å²) in [6.45, 7) is 9.18. The van der Waals surface area contributed by atoms with Crippen molar-refractivity contribution in [2.75, 3.05) is 0 Å². The summed E-state index contributed by atoms with van der Waals surface area (Å²) in [6.07, 6.45) is 19.6. The van der Waals surface area contributed by atoms with Gasteiger partial charge in [0.1, 0.15) is 12.4 Å². The second-order valence-electron chi connectivity index (χ2n) is 6.28. The first-order chi connectivity index (χ1) is 10.3. The molecule has 0 aromatic carbocycles. The molecule has 0 atom stereocenters. The molecule has 1 aromatic rings. The molecule has 0 radical (unpaired) electrons. The van der Waals surface area contributed by atoms with Gasteiger partial charge in [0, 0.05) is 6.42 Å². The van der Waals surface area contributed by atoms with Crippen LogP contribution in [0.1, 0.15) is 90.8 Å². The van der Waals surface area contributed by atoms with Crippen molar-refractivity contribution in [1.82, 2.24) is 4.57 Å². The minimum atomic E-state index is 1.14. The molecule has 1 aromatic heterocycles. The lowest BCUT2D eigenvalue weighted by Gasteiger charge is -2.03. The van der Waals surface area contributed by atoms with Gasteiger partial charge in [-0.15, -0.1) is 0 Å². The van der Waals surface area contributed by atoms with Crippen LogP contribution in [-0.4, -0.2) is 4.57 Å². The normalized spacial score (nSPS) is 11.2. The van der Waals surface area contributed by atoms with Crippen LogP contribution in [0.3, 0.4) is 0 Å². The summed E-state index contributed by atoms with van der Waals surface area (Å²) >= 11 is 0. The first-order valence-electron chi connectivity index (χ1n) is 9.40. The molecular weight excluding hydrogens is 256 g/mol. The average Bonchev–Trinajstić information content (AvgIpc) is 2.88. The van der Waals surface area contributed by atoms with Crippen LogP contribution in [0.25, 0.3) is 0 Å². The van der Waals surface area contributed by atoms with E-state index in [1.807, 2.05) is 0 Å². The number of aromatic nitrogens is 2. The first kappa shape index (κ1) is 18.3. The van der Waals surface area contributed by atoms with E-state index in [0.717, 1.165) is 13.0 Å². The van der Waals surface area contributed by atoms with Crippen LogP contribution in [0.4, 0.5) is 0 Å². The number of imidazole rings is 1. The Balaban J connectivity index is 2.12. The zero-order valence-corrected chi connectivity index (χ0v) is 14.7. The van der Waals surface area contributed by atoms with Crippen LogP contribution in [0.15, 0.2) is 12.4 Å². The first-order valence-corrected chi connectivity index (χ1v) is 9.40. The molecule has 0 unspecified atom stereocenters. The Labute approximate surface area is 132 Å². The van der Waals surface area contributed by atoms with Crippen molar-refractivity contribution in [2.45, 2.75) is 104 Å². The lowest BCUT2D eigenvalue weighted by molar-refractivity contribution is -0.703. The van der Waals surface area contributed by atoms with Crippen LogP contribution < -0.4 is 4.57 Å². The van der Waals surface area contributed by atoms with Crippen LogP contribution in [0.2, 0.25) is 0 Å². The Morgan fingerprint density at radius 3 is 2.00 bits per heavy atom. The second-order valence-corrected chi connectivity index (χ2v) is 6.28. The van der Waals surface area contributed by atoms with Gasteiger partial charge in [-0.25, -0.2) is 9.13 Å². The van der Waals surface area contributed by atoms with Gasteiger partial charge in [0.15, 0.2) is 0 Å². The molecular formula is C19H37N2+. The summed E-state index contributed by atoms with van der Waals surface area (Å²) in [7, 11) is 0. The van der Waals surface area contributed by atoms with E-state index in [1.54, 1.807) is 0 Å². The van der Waals surface area contributed by atoms with E-state index < -0.39 is 0 Å². The summed E-state index contributed by atoms with van der Waals surface area (Å²) in [5.41, 5.74) is 0. The van der Waals surface area contributed by atoms with Gasteiger partial charge in [0.2, 0.25) is 0 Å². The van der Waals surface area contributed by atoms with Gasteiger partial charge in [-0.1, -0.05) is 65.7 Å². The number of hydrogen-bond donors (Lipinski definition) is 0. The Morgan fingerprint density at radius 1 is 0.810 bits per heavy atom. The fourth-order valence-electron chi connectivity index (χ4n) is 3.15. The molecule has 1 rings (SSSR count). The van der Waals surface area contributed by atoms with Crippen molar-refractivity contribution in [3.8, 4) is 0 Å². The number of unbranched alkanes of at least 4 members (excludes halogenated alkanes) is 8. The Hall–Kier alpha value is -0.790. The minimum absolute atomic E-state index is 1.14. The van der Waals surface area contributed by atoms with Crippen LogP contribution in [-0.2, 0) is 19.5 Å². The van der Waals surface area contributed by atoms with Crippen molar-refractivity contribution in [1.29, 1.82) is 0 Å². The maximum Gasteiger partial charge on any atom is 0.256 e. The van der Waals surface area contributed by atoms with Gasteiger partial charge in [-0.3, -0.25) is 0 Å². The molecule has 0 saturated carbocycles. The zero-order chi connectivity index (χ0) is 15.3. The van der Waals surface area contributed by atoms with E-state index in [4.69, 9.17) is 0 Å². The molecule has 0 bridgehead atoms. The quantitative estimate of drug-likeness (QED) is 0.346. The van der Waals surface area contributed by atoms with E-state index >= 15 is 0 Å². The molecule has 1 heterocycles. The predicted octanol–water partition coefficient (Wildman–Crippen LogP) is 5.28. The molecule has 21 heavy (non-hydrogen) atoms. The van der Waals surface area contributed by atoms with E-state index in [-0.39, 0.29) is 0 Å². The number of nitrogens with zero attached hydrogens (tertiary/aromatic N) is 2. The standard InChI is InChI=1S/C19H37N2/c1-4-7-8-9-10-11-12-13-14-16-21-18-17-20(15-5-2)19(21)6-3/h17-18H,4-16H2,1-3H3/q+1. The van der Waals surface area contributed by atoms with E-state index in [2.05, 4.69) is 42.3 Å². The molecule has 0 fully saturated rings. The molecule has 0 aliphatic heterocycles. The number of hydrogen-bond acceptors (Lipinski definition) is 0. The van der Waals surface area contributed by atoms with Gasteiger partial charge in [-0.05, 0) is 19.3 Å². The fraction of sp³-hybridized carbons (Fsp3) is 0.842. The van der Waals surface area contributed by atoms with Gasteiger partial charge in [0.05, 0.1) is 13.1 Å². The lowest BCUT2D eigenvalue weighted by atomic mass is 10.1. The highest BCUT2D eigenvalue weighted by molar-refractivity contribution is 4.82. The van der Waals surface area contributed by atoms with Crippen molar-refractivity contribution >= 4 is 0 Å². The summed E-state index contributed by atoms with van der Waals surface area (Å²) in [4.78, 5) is 0. The van der Waals surface area contributed by atoms with Crippen molar-refractivity contribution < 1.29 is 4.57 Å². The Kier molecular flexibility index (Phi) is 10.3. The second kappa shape index (κ2) is 11.8. The smallest absolute Gasteiger partial charge is 0.234 e. The van der Waals surface area contributed by atoms with Gasteiger partial charge in [0.25, 0.3) is 5.82 Å². The highest BCUT2D eigenvalue weighted by Crippen LogP contribution is 2.10. The largest absolute Gasteiger partial charge is 0.256 e. The fourth-order valence-corrected chi connectivity index (χ4v) is 3.15. The molecule has 0 saturated heterocycles. The summed E-state index contributed by atoms with van der Waals surface area (Å²) < 4.78 is 4.89. The van der Waals surface area contributed by atoms with Crippen molar-refractivity contribution in [3.05, 3.63) is 18.2 Å². The monoisotopic (exact) mass is 293 g/mol. The number of aryl methyl sites for hydroxylation is 2. The number of rotatable bonds is 13. The molecule has 2 heteroatoms.